The van der Waals surface area contributed by atoms with Crippen molar-refractivity contribution in [3.8, 4) is 5.75 Å². The normalized spacial score (nSPS) is 11.9. The van der Waals surface area contributed by atoms with Crippen molar-refractivity contribution < 1.29 is 9.13 Å². The molecule has 0 amide bonds. The molecule has 0 radical (unpaired) electrons. The zero-order chi connectivity index (χ0) is 14.4. The third-order valence-electron chi connectivity index (χ3n) is 3.02. The molecule has 2 aromatic carbocycles. The summed E-state index contributed by atoms with van der Waals surface area (Å²) in [5.74, 6) is 0.564. The van der Waals surface area contributed by atoms with Gasteiger partial charge in [0.1, 0.15) is 11.6 Å². The molecule has 0 fully saturated rings. The standard InChI is InChI=1S/C16H19FN2O/c1-2-20-16-6-4-3-5-14(16)15(11-18)19-13-9-7-12(17)8-10-13/h3-10,15,19H,2,11,18H2,1H3. The Bertz CT molecular complexity index is 542. The highest BCUT2D eigenvalue weighted by Crippen LogP contribution is 2.27. The molecule has 0 saturated heterocycles. The summed E-state index contributed by atoms with van der Waals surface area (Å²) in [6.07, 6.45) is 0. The van der Waals surface area contributed by atoms with E-state index in [4.69, 9.17) is 10.5 Å². The van der Waals surface area contributed by atoms with Gasteiger partial charge in [0, 0.05) is 17.8 Å². The van der Waals surface area contributed by atoms with Gasteiger partial charge in [0.25, 0.3) is 0 Å². The maximum atomic E-state index is 12.9. The predicted molar refractivity (Wildman–Crippen MR) is 79.4 cm³/mol. The molecule has 0 aliphatic rings. The van der Waals surface area contributed by atoms with Crippen molar-refractivity contribution in [3.05, 3.63) is 59.9 Å². The van der Waals surface area contributed by atoms with Crippen molar-refractivity contribution in [3.63, 3.8) is 0 Å². The molecule has 2 aromatic rings. The van der Waals surface area contributed by atoms with Gasteiger partial charge in [0.05, 0.1) is 12.6 Å². The second-order valence-electron chi connectivity index (χ2n) is 4.41. The Morgan fingerprint density at radius 2 is 1.85 bits per heavy atom. The van der Waals surface area contributed by atoms with E-state index in [1.54, 1.807) is 12.1 Å². The number of para-hydroxylation sites is 1. The van der Waals surface area contributed by atoms with Crippen LogP contribution in [-0.4, -0.2) is 13.2 Å². The van der Waals surface area contributed by atoms with Crippen LogP contribution >= 0.6 is 0 Å². The molecule has 20 heavy (non-hydrogen) atoms. The highest BCUT2D eigenvalue weighted by Gasteiger charge is 2.14. The quantitative estimate of drug-likeness (QED) is 0.849. The monoisotopic (exact) mass is 274 g/mol. The molecular weight excluding hydrogens is 255 g/mol. The summed E-state index contributed by atoms with van der Waals surface area (Å²) in [6, 6.07) is 13.9. The Labute approximate surface area is 118 Å². The van der Waals surface area contributed by atoms with E-state index in [1.165, 1.54) is 12.1 Å². The van der Waals surface area contributed by atoms with E-state index in [0.717, 1.165) is 17.0 Å². The lowest BCUT2D eigenvalue weighted by molar-refractivity contribution is 0.335. The Hall–Kier alpha value is -2.07. The van der Waals surface area contributed by atoms with Crippen LogP contribution in [0, 0.1) is 5.82 Å². The number of nitrogens with one attached hydrogen (secondary N) is 1. The predicted octanol–water partition coefficient (Wildman–Crippen LogP) is 3.34. The van der Waals surface area contributed by atoms with Gasteiger partial charge in [-0.25, -0.2) is 4.39 Å². The van der Waals surface area contributed by atoms with Crippen LogP contribution in [0.15, 0.2) is 48.5 Å². The van der Waals surface area contributed by atoms with E-state index >= 15 is 0 Å². The van der Waals surface area contributed by atoms with E-state index in [1.807, 2.05) is 31.2 Å². The second-order valence-corrected chi connectivity index (χ2v) is 4.41. The van der Waals surface area contributed by atoms with Crippen LogP contribution in [0.3, 0.4) is 0 Å². The highest BCUT2D eigenvalue weighted by molar-refractivity contribution is 5.48. The van der Waals surface area contributed by atoms with Crippen LogP contribution in [0.25, 0.3) is 0 Å². The van der Waals surface area contributed by atoms with Gasteiger partial charge >= 0.3 is 0 Å². The number of nitrogens with two attached hydrogens (primary N) is 1. The number of anilines is 1. The molecule has 106 valence electrons. The van der Waals surface area contributed by atoms with Crippen LogP contribution in [0.2, 0.25) is 0 Å². The lowest BCUT2D eigenvalue weighted by atomic mass is 10.1. The van der Waals surface area contributed by atoms with Crippen LogP contribution in [0.4, 0.5) is 10.1 Å². The van der Waals surface area contributed by atoms with Crippen molar-refractivity contribution in [2.45, 2.75) is 13.0 Å². The van der Waals surface area contributed by atoms with Gasteiger partial charge in [-0.2, -0.15) is 0 Å². The van der Waals surface area contributed by atoms with E-state index in [2.05, 4.69) is 5.32 Å². The Kier molecular flexibility index (Phi) is 4.96. The first-order valence-electron chi connectivity index (χ1n) is 6.68. The molecule has 3 N–H and O–H groups in total. The van der Waals surface area contributed by atoms with Crippen molar-refractivity contribution in [2.75, 3.05) is 18.5 Å². The fourth-order valence-electron chi connectivity index (χ4n) is 2.07. The zero-order valence-corrected chi connectivity index (χ0v) is 11.5. The van der Waals surface area contributed by atoms with E-state index in [9.17, 15) is 4.39 Å². The van der Waals surface area contributed by atoms with Gasteiger partial charge in [-0.05, 0) is 37.3 Å². The maximum absolute atomic E-state index is 12.9. The second kappa shape index (κ2) is 6.91. The Morgan fingerprint density at radius 3 is 2.50 bits per heavy atom. The summed E-state index contributed by atoms with van der Waals surface area (Å²) < 4.78 is 18.5. The van der Waals surface area contributed by atoms with Crippen molar-refractivity contribution in [1.29, 1.82) is 0 Å². The minimum atomic E-state index is -0.255. The summed E-state index contributed by atoms with van der Waals surface area (Å²) in [7, 11) is 0. The number of hydrogen-bond acceptors (Lipinski definition) is 3. The maximum Gasteiger partial charge on any atom is 0.124 e. The number of ether oxygens (including phenoxy) is 1. The molecule has 4 heteroatoms. The van der Waals surface area contributed by atoms with Gasteiger partial charge in [0.2, 0.25) is 0 Å². The van der Waals surface area contributed by atoms with E-state index in [-0.39, 0.29) is 11.9 Å². The number of rotatable bonds is 6. The molecule has 0 saturated carbocycles. The van der Waals surface area contributed by atoms with E-state index < -0.39 is 0 Å². The van der Waals surface area contributed by atoms with Crippen LogP contribution in [0.5, 0.6) is 5.75 Å². The zero-order valence-electron chi connectivity index (χ0n) is 11.5. The largest absolute Gasteiger partial charge is 0.494 e. The number of benzene rings is 2. The third kappa shape index (κ3) is 3.48. The first-order chi connectivity index (χ1) is 9.74. The number of halogens is 1. The third-order valence-corrected chi connectivity index (χ3v) is 3.02. The average Bonchev–Trinajstić information content (AvgIpc) is 2.48. The first kappa shape index (κ1) is 14.3. The van der Waals surface area contributed by atoms with Gasteiger partial charge in [-0.3, -0.25) is 0 Å². The molecular formula is C16H19FN2O. The lowest BCUT2D eigenvalue weighted by Crippen LogP contribution is -2.21. The summed E-state index contributed by atoms with van der Waals surface area (Å²) in [5, 5.41) is 3.30. The van der Waals surface area contributed by atoms with Crippen molar-refractivity contribution >= 4 is 5.69 Å². The number of hydrogen-bond donors (Lipinski definition) is 2. The SMILES string of the molecule is CCOc1ccccc1C(CN)Nc1ccc(F)cc1. The minimum Gasteiger partial charge on any atom is -0.494 e. The van der Waals surface area contributed by atoms with Crippen LogP contribution in [-0.2, 0) is 0 Å². The van der Waals surface area contributed by atoms with Crippen molar-refractivity contribution in [1.82, 2.24) is 0 Å². The molecule has 0 bridgehead atoms. The Balaban J connectivity index is 2.21. The molecule has 0 spiro atoms. The molecule has 1 unspecified atom stereocenters. The molecule has 0 aliphatic heterocycles. The smallest absolute Gasteiger partial charge is 0.124 e. The van der Waals surface area contributed by atoms with Crippen LogP contribution in [0.1, 0.15) is 18.5 Å². The van der Waals surface area contributed by atoms with Gasteiger partial charge in [0.15, 0.2) is 0 Å². The fourth-order valence-corrected chi connectivity index (χ4v) is 2.07. The van der Waals surface area contributed by atoms with Gasteiger partial charge < -0.3 is 15.8 Å². The highest BCUT2D eigenvalue weighted by atomic mass is 19.1. The van der Waals surface area contributed by atoms with Gasteiger partial charge in [-0.15, -0.1) is 0 Å². The summed E-state index contributed by atoms with van der Waals surface area (Å²) in [6.45, 7) is 2.97. The summed E-state index contributed by atoms with van der Waals surface area (Å²) >= 11 is 0. The molecule has 0 aromatic heterocycles. The topological polar surface area (TPSA) is 47.3 Å². The molecule has 0 heterocycles. The van der Waals surface area contributed by atoms with Gasteiger partial charge in [-0.1, -0.05) is 18.2 Å². The van der Waals surface area contributed by atoms with E-state index in [0.29, 0.717) is 13.2 Å². The molecule has 2 rings (SSSR count). The molecule has 1 atom stereocenters. The van der Waals surface area contributed by atoms with Crippen molar-refractivity contribution in [2.24, 2.45) is 5.73 Å². The lowest BCUT2D eigenvalue weighted by Gasteiger charge is -2.21. The summed E-state index contributed by atoms with van der Waals surface area (Å²) in [4.78, 5) is 0. The summed E-state index contributed by atoms with van der Waals surface area (Å²) in [5.41, 5.74) is 7.68. The van der Waals surface area contributed by atoms with Crippen LogP contribution < -0.4 is 15.8 Å². The molecule has 0 aliphatic carbocycles. The Morgan fingerprint density at radius 1 is 1.15 bits per heavy atom. The molecule has 3 nitrogen and oxygen atoms in total. The fraction of sp³-hybridized carbons (Fsp3) is 0.250. The first-order valence-corrected chi connectivity index (χ1v) is 6.68. The minimum absolute atomic E-state index is 0.0804. The average molecular weight is 274 g/mol.